The van der Waals surface area contributed by atoms with Gasteiger partial charge in [-0.15, -0.1) is 0 Å². The van der Waals surface area contributed by atoms with Crippen molar-refractivity contribution in [3.63, 3.8) is 0 Å². The third-order valence-corrected chi connectivity index (χ3v) is 3.43. The molecule has 1 heterocycles. The fraction of sp³-hybridized carbons (Fsp3) is 0.417. The van der Waals surface area contributed by atoms with Gasteiger partial charge < -0.3 is 4.74 Å². The van der Waals surface area contributed by atoms with Crippen molar-refractivity contribution in [3.8, 4) is 5.75 Å². The predicted octanol–water partition coefficient (Wildman–Crippen LogP) is 2.90. The van der Waals surface area contributed by atoms with Crippen LogP contribution in [0, 0.1) is 0 Å². The molecule has 0 saturated carbocycles. The zero-order valence-electron chi connectivity index (χ0n) is 8.79. The Kier molecular flexibility index (Phi) is 3.31. The van der Waals surface area contributed by atoms with Crippen LogP contribution in [0.5, 0.6) is 5.75 Å². The molecule has 0 aliphatic carbocycles. The zero-order chi connectivity index (χ0) is 10.7. The van der Waals surface area contributed by atoms with Crippen molar-refractivity contribution < 1.29 is 9.53 Å². The van der Waals surface area contributed by atoms with Gasteiger partial charge in [-0.3, -0.25) is 4.79 Å². The topological polar surface area (TPSA) is 26.3 Å². The van der Waals surface area contributed by atoms with Crippen LogP contribution in [0.15, 0.2) is 18.2 Å². The average molecular weight is 222 g/mol. The van der Waals surface area contributed by atoms with E-state index in [0.717, 1.165) is 28.4 Å². The van der Waals surface area contributed by atoms with E-state index < -0.39 is 0 Å². The lowest BCUT2D eigenvalue weighted by molar-refractivity contribution is 0.0989. The largest absolute Gasteiger partial charge is 0.494 e. The molecule has 0 N–H and O–H groups in total. The standard InChI is InChI=1S/C12H14O2S/c1-2-14-10-4-3-9-8-15-6-5-12(13)11(9)7-10/h3-4,7H,2,5-6,8H2,1H3. The predicted molar refractivity (Wildman–Crippen MR) is 62.7 cm³/mol. The summed E-state index contributed by atoms with van der Waals surface area (Å²) in [4.78, 5) is 11.8. The summed E-state index contributed by atoms with van der Waals surface area (Å²) in [5, 5.41) is 0. The van der Waals surface area contributed by atoms with Gasteiger partial charge in [0.1, 0.15) is 5.75 Å². The van der Waals surface area contributed by atoms with Gasteiger partial charge in [-0.25, -0.2) is 0 Å². The highest BCUT2D eigenvalue weighted by Crippen LogP contribution is 2.27. The van der Waals surface area contributed by atoms with Gasteiger partial charge in [-0.2, -0.15) is 11.8 Å². The minimum Gasteiger partial charge on any atom is -0.494 e. The summed E-state index contributed by atoms with van der Waals surface area (Å²) >= 11 is 1.82. The van der Waals surface area contributed by atoms with Gasteiger partial charge in [0.15, 0.2) is 5.78 Å². The molecule has 0 atom stereocenters. The number of ether oxygens (including phenoxy) is 1. The van der Waals surface area contributed by atoms with E-state index in [1.165, 1.54) is 0 Å². The molecule has 2 rings (SSSR count). The van der Waals surface area contributed by atoms with Crippen molar-refractivity contribution in [3.05, 3.63) is 29.3 Å². The fourth-order valence-corrected chi connectivity index (χ4v) is 2.62. The maximum atomic E-state index is 11.8. The number of carbonyl (C=O) groups is 1. The summed E-state index contributed by atoms with van der Waals surface area (Å²) < 4.78 is 5.40. The van der Waals surface area contributed by atoms with E-state index >= 15 is 0 Å². The Labute approximate surface area is 94.0 Å². The zero-order valence-corrected chi connectivity index (χ0v) is 9.60. The number of hydrogen-bond acceptors (Lipinski definition) is 3. The van der Waals surface area contributed by atoms with Crippen molar-refractivity contribution in [2.75, 3.05) is 12.4 Å². The summed E-state index contributed by atoms with van der Waals surface area (Å²) in [6, 6.07) is 5.84. The normalized spacial score (nSPS) is 15.7. The summed E-state index contributed by atoms with van der Waals surface area (Å²) in [5.41, 5.74) is 2.00. The number of hydrogen-bond donors (Lipinski definition) is 0. The number of Topliss-reactive ketones (excluding diaryl/α,β-unsaturated/α-hetero) is 1. The highest BCUT2D eigenvalue weighted by Gasteiger charge is 2.16. The van der Waals surface area contributed by atoms with E-state index in [0.29, 0.717) is 13.0 Å². The number of rotatable bonds is 2. The van der Waals surface area contributed by atoms with Crippen LogP contribution in [-0.2, 0) is 5.75 Å². The van der Waals surface area contributed by atoms with Crippen LogP contribution in [0.1, 0.15) is 29.3 Å². The SMILES string of the molecule is CCOc1ccc2c(c1)C(=O)CCSC2. The molecule has 2 nitrogen and oxygen atoms in total. The van der Waals surface area contributed by atoms with E-state index in [2.05, 4.69) is 0 Å². The molecule has 80 valence electrons. The molecule has 1 aliphatic rings. The highest BCUT2D eigenvalue weighted by molar-refractivity contribution is 7.98. The maximum absolute atomic E-state index is 11.8. The molecule has 0 radical (unpaired) electrons. The second-order valence-electron chi connectivity index (χ2n) is 3.48. The van der Waals surface area contributed by atoms with E-state index in [1.54, 1.807) is 0 Å². The van der Waals surface area contributed by atoms with Gasteiger partial charge in [0.25, 0.3) is 0 Å². The van der Waals surface area contributed by atoms with Crippen molar-refractivity contribution in [2.24, 2.45) is 0 Å². The molecule has 0 bridgehead atoms. The molecule has 0 aromatic heterocycles. The molecule has 0 amide bonds. The van der Waals surface area contributed by atoms with Crippen LogP contribution in [0.4, 0.5) is 0 Å². The molecule has 1 aromatic carbocycles. The first kappa shape index (κ1) is 10.6. The Balaban J connectivity index is 2.35. The van der Waals surface area contributed by atoms with E-state index in [1.807, 2.05) is 36.9 Å². The first-order valence-electron chi connectivity index (χ1n) is 5.18. The van der Waals surface area contributed by atoms with E-state index in [9.17, 15) is 4.79 Å². The molecule has 3 heteroatoms. The van der Waals surface area contributed by atoms with Crippen LogP contribution >= 0.6 is 11.8 Å². The molecule has 1 aromatic rings. The molecule has 0 saturated heterocycles. The van der Waals surface area contributed by atoms with Crippen molar-refractivity contribution in [2.45, 2.75) is 19.1 Å². The molecule has 0 fully saturated rings. The second-order valence-corrected chi connectivity index (χ2v) is 4.58. The first-order chi connectivity index (χ1) is 7.31. The number of fused-ring (bicyclic) bond motifs is 1. The average Bonchev–Trinajstić information content (AvgIpc) is 2.42. The van der Waals surface area contributed by atoms with Crippen LogP contribution < -0.4 is 4.74 Å². The van der Waals surface area contributed by atoms with Gasteiger partial charge in [0, 0.05) is 23.5 Å². The number of ketones is 1. The minimum atomic E-state index is 0.247. The second kappa shape index (κ2) is 4.71. The Morgan fingerprint density at radius 1 is 1.47 bits per heavy atom. The molecule has 15 heavy (non-hydrogen) atoms. The molecular formula is C12H14O2S. The smallest absolute Gasteiger partial charge is 0.164 e. The molecule has 1 aliphatic heterocycles. The van der Waals surface area contributed by atoms with Crippen molar-refractivity contribution in [1.82, 2.24) is 0 Å². The Hall–Kier alpha value is -0.960. The maximum Gasteiger partial charge on any atom is 0.164 e. The lowest BCUT2D eigenvalue weighted by atomic mass is 10.0. The van der Waals surface area contributed by atoms with E-state index in [4.69, 9.17) is 4.74 Å². The summed E-state index contributed by atoms with van der Waals surface area (Å²) in [7, 11) is 0. The highest BCUT2D eigenvalue weighted by atomic mass is 32.2. The third kappa shape index (κ3) is 2.34. The van der Waals surface area contributed by atoms with Crippen molar-refractivity contribution in [1.29, 1.82) is 0 Å². The van der Waals surface area contributed by atoms with Gasteiger partial charge in [-0.05, 0) is 24.6 Å². The summed E-state index contributed by atoms with van der Waals surface area (Å²) in [6.45, 7) is 2.59. The van der Waals surface area contributed by atoms with Crippen LogP contribution in [0.2, 0.25) is 0 Å². The van der Waals surface area contributed by atoms with Crippen LogP contribution in [0.25, 0.3) is 0 Å². The third-order valence-electron chi connectivity index (χ3n) is 2.42. The molecular weight excluding hydrogens is 208 g/mol. The first-order valence-corrected chi connectivity index (χ1v) is 6.33. The number of benzene rings is 1. The van der Waals surface area contributed by atoms with Gasteiger partial charge in [0.2, 0.25) is 0 Å². The Morgan fingerprint density at radius 3 is 3.13 bits per heavy atom. The Morgan fingerprint density at radius 2 is 2.33 bits per heavy atom. The van der Waals surface area contributed by atoms with Crippen LogP contribution in [-0.4, -0.2) is 18.1 Å². The minimum absolute atomic E-state index is 0.247. The van der Waals surface area contributed by atoms with Crippen molar-refractivity contribution >= 4 is 17.5 Å². The van der Waals surface area contributed by atoms with E-state index in [-0.39, 0.29) is 5.78 Å². The summed E-state index contributed by atoms with van der Waals surface area (Å²) in [6.07, 6.45) is 0.646. The van der Waals surface area contributed by atoms with Gasteiger partial charge in [-0.1, -0.05) is 6.07 Å². The molecule has 0 spiro atoms. The quantitative estimate of drug-likeness (QED) is 0.769. The number of carbonyl (C=O) groups excluding carboxylic acids is 1. The lowest BCUT2D eigenvalue weighted by Gasteiger charge is -2.07. The summed E-state index contributed by atoms with van der Waals surface area (Å²) in [5.74, 6) is 2.92. The van der Waals surface area contributed by atoms with Gasteiger partial charge >= 0.3 is 0 Å². The van der Waals surface area contributed by atoms with Gasteiger partial charge in [0.05, 0.1) is 6.61 Å². The monoisotopic (exact) mass is 222 g/mol. The number of thioether (sulfide) groups is 1. The van der Waals surface area contributed by atoms with Crippen LogP contribution in [0.3, 0.4) is 0 Å². The molecule has 0 unspecified atom stereocenters. The Bertz CT molecular complexity index is 374. The lowest BCUT2D eigenvalue weighted by Crippen LogP contribution is -2.02. The fourth-order valence-electron chi connectivity index (χ4n) is 1.68.